The number of carbonyl (C=O) groups excluding carboxylic acids is 3. The first-order chi connectivity index (χ1) is 17.8. The summed E-state index contributed by atoms with van der Waals surface area (Å²) >= 11 is 6.31. The van der Waals surface area contributed by atoms with Gasteiger partial charge in [0, 0.05) is 18.8 Å². The van der Waals surface area contributed by atoms with Crippen LogP contribution < -0.4 is 10.6 Å². The van der Waals surface area contributed by atoms with Crippen LogP contribution in [-0.2, 0) is 19.1 Å². The summed E-state index contributed by atoms with van der Waals surface area (Å²) < 4.78 is 6.62. The zero-order chi connectivity index (χ0) is 26.2. The van der Waals surface area contributed by atoms with Crippen LogP contribution in [0.4, 0.5) is 11.4 Å². The Morgan fingerprint density at radius 2 is 1.76 bits per heavy atom. The normalized spacial score (nSPS) is 29.9. The van der Waals surface area contributed by atoms with Crippen LogP contribution in [0.3, 0.4) is 0 Å². The number of halogens is 1. The molecule has 5 atom stereocenters. The molecule has 0 aromatic heterocycles. The average molecular weight is 526 g/mol. The van der Waals surface area contributed by atoms with Gasteiger partial charge in [-0.1, -0.05) is 41.9 Å². The molecule has 196 valence electrons. The van der Waals surface area contributed by atoms with Gasteiger partial charge in [-0.15, -0.1) is 0 Å². The van der Waals surface area contributed by atoms with Gasteiger partial charge in [0.2, 0.25) is 17.7 Å². The van der Waals surface area contributed by atoms with Crippen molar-refractivity contribution in [3.05, 3.63) is 59.6 Å². The Morgan fingerprint density at radius 3 is 2.49 bits per heavy atom. The molecule has 3 aliphatic heterocycles. The maximum Gasteiger partial charge on any atom is 0.250 e. The number of nitrogens with one attached hydrogen (secondary N) is 2. The van der Waals surface area contributed by atoms with Crippen LogP contribution in [0.25, 0.3) is 0 Å². The van der Waals surface area contributed by atoms with Crippen LogP contribution in [0.15, 0.2) is 54.6 Å². The van der Waals surface area contributed by atoms with E-state index in [9.17, 15) is 19.5 Å². The topological polar surface area (TPSA) is 108 Å². The number of aliphatic hydroxyl groups excluding tert-OH is 1. The van der Waals surface area contributed by atoms with Gasteiger partial charge in [-0.05, 0) is 63.3 Å². The van der Waals surface area contributed by atoms with E-state index in [4.69, 9.17) is 16.3 Å². The molecule has 2 aromatic carbocycles. The number of benzene rings is 2. The molecule has 3 heterocycles. The number of carbonyl (C=O) groups is 3. The maximum absolute atomic E-state index is 14.0. The quantitative estimate of drug-likeness (QED) is 0.431. The number of amides is 3. The minimum atomic E-state index is -1.10. The van der Waals surface area contributed by atoms with Gasteiger partial charge in [-0.2, -0.15) is 0 Å². The van der Waals surface area contributed by atoms with E-state index >= 15 is 0 Å². The fraction of sp³-hybridized carbons (Fsp3) is 0.464. The third-order valence-corrected chi connectivity index (χ3v) is 8.37. The van der Waals surface area contributed by atoms with Crippen LogP contribution in [0.5, 0.6) is 0 Å². The number of hydrogen-bond donors (Lipinski definition) is 3. The molecule has 0 radical (unpaired) electrons. The summed E-state index contributed by atoms with van der Waals surface area (Å²) in [7, 11) is 0. The van der Waals surface area contributed by atoms with Crippen molar-refractivity contribution in [2.24, 2.45) is 11.8 Å². The van der Waals surface area contributed by atoms with Crippen molar-refractivity contribution in [3.8, 4) is 0 Å². The van der Waals surface area contributed by atoms with Gasteiger partial charge in [0.25, 0.3) is 0 Å². The first-order valence-corrected chi connectivity index (χ1v) is 13.2. The Hall–Kier alpha value is -2.94. The lowest BCUT2D eigenvalue weighted by molar-refractivity contribution is -0.143. The lowest BCUT2D eigenvalue weighted by Crippen LogP contribution is -2.53. The summed E-state index contributed by atoms with van der Waals surface area (Å²) in [5.41, 5.74) is -0.858. The molecule has 3 amide bonds. The molecule has 37 heavy (non-hydrogen) atoms. The summed E-state index contributed by atoms with van der Waals surface area (Å²) in [6.07, 6.45) is 3.03. The van der Waals surface area contributed by atoms with Crippen LogP contribution in [0, 0.1) is 11.8 Å². The number of likely N-dealkylation sites (tertiary alicyclic amines) is 1. The SMILES string of the molecule is C[C@]12CCC3(O1)C(C(=O)Nc1ccccc1Cl)N(CCCCCO)C(=O)[C@@H]3[C@H]2C(=O)Nc1ccccc1. The standard InChI is InChI=1S/C28H32ClN3O5/c1-27-14-15-28(37-27)22(21(27)24(34)30-18-10-4-2-5-11-18)26(36)32(16-8-3-9-17-33)23(28)25(35)31-20-13-7-6-12-19(20)29/h2,4-7,10-13,21-23,33H,3,8-9,14-17H2,1H3,(H,30,34)(H,31,35)/t21-,22-,23?,27+,28?/m0/s1. The van der Waals surface area contributed by atoms with Crippen molar-refractivity contribution < 1.29 is 24.2 Å². The van der Waals surface area contributed by atoms with Crippen molar-refractivity contribution in [1.29, 1.82) is 0 Å². The molecule has 9 heteroatoms. The Labute approximate surface area is 221 Å². The van der Waals surface area contributed by atoms with Gasteiger partial charge < -0.3 is 25.4 Å². The van der Waals surface area contributed by atoms with Crippen molar-refractivity contribution >= 4 is 40.7 Å². The molecule has 3 N–H and O–H groups in total. The molecule has 3 saturated heterocycles. The highest BCUT2D eigenvalue weighted by molar-refractivity contribution is 6.33. The third-order valence-electron chi connectivity index (χ3n) is 8.04. The summed E-state index contributed by atoms with van der Waals surface area (Å²) in [4.78, 5) is 43.0. The minimum Gasteiger partial charge on any atom is -0.396 e. The number of anilines is 2. The molecule has 3 fully saturated rings. The highest BCUT2D eigenvalue weighted by Gasteiger charge is 2.77. The molecular weight excluding hydrogens is 494 g/mol. The van der Waals surface area contributed by atoms with Gasteiger partial charge in [0.05, 0.1) is 28.1 Å². The lowest BCUT2D eigenvalue weighted by Gasteiger charge is -2.33. The molecule has 0 aliphatic carbocycles. The van der Waals surface area contributed by atoms with E-state index in [1.165, 1.54) is 0 Å². The second-order valence-corrected chi connectivity index (χ2v) is 10.8. The molecule has 3 aliphatic rings. The Morgan fingerprint density at radius 1 is 1.03 bits per heavy atom. The van der Waals surface area contributed by atoms with Crippen LogP contribution in [-0.4, -0.2) is 58.1 Å². The monoisotopic (exact) mass is 525 g/mol. The number of nitrogens with zero attached hydrogens (tertiary/aromatic N) is 1. The molecule has 5 rings (SSSR count). The first kappa shape index (κ1) is 25.7. The van der Waals surface area contributed by atoms with E-state index in [1.54, 1.807) is 41.3 Å². The molecule has 1 spiro atoms. The van der Waals surface area contributed by atoms with E-state index in [1.807, 2.05) is 25.1 Å². The molecule has 8 nitrogen and oxygen atoms in total. The Kier molecular flexibility index (Phi) is 7.00. The van der Waals surface area contributed by atoms with E-state index in [2.05, 4.69) is 10.6 Å². The Balaban J connectivity index is 1.48. The fourth-order valence-corrected chi connectivity index (χ4v) is 6.63. The molecule has 2 bridgehead atoms. The van der Waals surface area contributed by atoms with E-state index in [0.29, 0.717) is 55.0 Å². The van der Waals surface area contributed by atoms with E-state index < -0.39 is 29.1 Å². The van der Waals surface area contributed by atoms with E-state index in [-0.39, 0.29) is 24.3 Å². The third kappa shape index (κ3) is 4.41. The predicted octanol–water partition coefficient (Wildman–Crippen LogP) is 3.84. The number of ether oxygens (including phenoxy) is 1. The zero-order valence-electron chi connectivity index (χ0n) is 20.8. The van der Waals surface area contributed by atoms with Crippen molar-refractivity contribution in [2.45, 2.75) is 56.3 Å². The number of rotatable bonds is 9. The summed E-state index contributed by atoms with van der Waals surface area (Å²) in [5, 5.41) is 15.4. The molecule has 2 aromatic rings. The zero-order valence-corrected chi connectivity index (χ0v) is 21.5. The average Bonchev–Trinajstić information content (AvgIpc) is 3.44. The second kappa shape index (κ2) is 10.1. The van der Waals surface area contributed by atoms with Gasteiger partial charge in [-0.3, -0.25) is 14.4 Å². The van der Waals surface area contributed by atoms with Gasteiger partial charge >= 0.3 is 0 Å². The molecular formula is C28H32ClN3O5. The Bertz CT molecular complexity index is 1190. The van der Waals surface area contributed by atoms with Crippen LogP contribution in [0.1, 0.15) is 39.0 Å². The molecule has 2 unspecified atom stereocenters. The highest BCUT2D eigenvalue weighted by atomic mass is 35.5. The number of fused-ring (bicyclic) bond motifs is 1. The van der Waals surface area contributed by atoms with E-state index in [0.717, 1.165) is 0 Å². The lowest BCUT2D eigenvalue weighted by atomic mass is 9.66. The van der Waals surface area contributed by atoms with Crippen LogP contribution >= 0.6 is 11.6 Å². The maximum atomic E-state index is 14.0. The summed E-state index contributed by atoms with van der Waals surface area (Å²) in [5.74, 6) is -2.39. The van der Waals surface area contributed by atoms with Gasteiger partial charge in [0.1, 0.15) is 11.6 Å². The summed E-state index contributed by atoms with van der Waals surface area (Å²) in [6.45, 7) is 2.28. The smallest absolute Gasteiger partial charge is 0.250 e. The number of unbranched alkanes of at least 4 members (excludes halogenated alkanes) is 2. The van der Waals surface area contributed by atoms with Gasteiger partial charge in [-0.25, -0.2) is 0 Å². The van der Waals surface area contributed by atoms with Gasteiger partial charge in [0.15, 0.2) is 0 Å². The fourth-order valence-electron chi connectivity index (χ4n) is 6.44. The number of hydrogen-bond acceptors (Lipinski definition) is 5. The molecule has 0 saturated carbocycles. The number of para-hydroxylation sites is 2. The summed E-state index contributed by atoms with van der Waals surface area (Å²) in [6, 6.07) is 15.2. The van der Waals surface area contributed by atoms with Crippen molar-refractivity contribution in [1.82, 2.24) is 4.90 Å². The largest absolute Gasteiger partial charge is 0.396 e. The van der Waals surface area contributed by atoms with Crippen LogP contribution in [0.2, 0.25) is 5.02 Å². The second-order valence-electron chi connectivity index (χ2n) is 10.4. The van der Waals surface area contributed by atoms with Crippen molar-refractivity contribution in [2.75, 3.05) is 23.8 Å². The number of aliphatic hydroxyl groups is 1. The highest BCUT2D eigenvalue weighted by Crippen LogP contribution is 2.63. The predicted molar refractivity (Wildman–Crippen MR) is 140 cm³/mol. The first-order valence-electron chi connectivity index (χ1n) is 12.8. The minimum absolute atomic E-state index is 0.0696. The van der Waals surface area contributed by atoms with Crippen molar-refractivity contribution in [3.63, 3.8) is 0 Å².